The Labute approximate surface area is 162 Å². The summed E-state index contributed by atoms with van der Waals surface area (Å²) >= 11 is 0. The minimum absolute atomic E-state index is 0.394. The van der Waals surface area contributed by atoms with Crippen molar-refractivity contribution in [1.29, 1.82) is 0 Å². The molecule has 0 radical (unpaired) electrons. The number of nitrogens with zero attached hydrogens (tertiary/aromatic N) is 2. The molecule has 0 saturated carbocycles. The molecule has 0 amide bonds. The molecule has 2 aromatic rings. The number of hydrogen-bond acceptors (Lipinski definition) is 4. The van der Waals surface area contributed by atoms with Crippen molar-refractivity contribution in [2.24, 2.45) is 0 Å². The van der Waals surface area contributed by atoms with Crippen LogP contribution in [0.4, 0.5) is 5.69 Å². The van der Waals surface area contributed by atoms with Crippen LogP contribution in [-0.2, 0) is 10.0 Å². The quantitative estimate of drug-likeness (QED) is 0.860. The minimum atomic E-state index is -3.36. The lowest BCUT2D eigenvalue weighted by atomic mass is 10.1. The molecule has 1 N–H and O–H groups in total. The Kier molecular flexibility index (Phi) is 5.48. The summed E-state index contributed by atoms with van der Waals surface area (Å²) in [6.07, 6.45) is 2.87. The van der Waals surface area contributed by atoms with Crippen molar-refractivity contribution in [3.8, 4) is 0 Å². The van der Waals surface area contributed by atoms with Crippen LogP contribution in [0.1, 0.15) is 19.3 Å². The van der Waals surface area contributed by atoms with Crippen LogP contribution < -0.4 is 10.2 Å². The van der Waals surface area contributed by atoms with E-state index in [0.29, 0.717) is 30.1 Å². The number of para-hydroxylation sites is 1. The maximum absolute atomic E-state index is 12.7. The van der Waals surface area contributed by atoms with Gasteiger partial charge in [0.25, 0.3) is 0 Å². The summed E-state index contributed by atoms with van der Waals surface area (Å²) in [5, 5.41) is 3.77. The Balaban J connectivity index is 1.29. The molecule has 2 saturated heterocycles. The topological polar surface area (TPSA) is 52.7 Å². The summed E-state index contributed by atoms with van der Waals surface area (Å²) in [5.41, 5.74) is 1.28. The summed E-state index contributed by atoms with van der Waals surface area (Å²) in [7, 11) is -3.36. The van der Waals surface area contributed by atoms with E-state index in [1.807, 2.05) is 12.1 Å². The highest BCUT2D eigenvalue weighted by atomic mass is 32.2. The highest BCUT2D eigenvalue weighted by molar-refractivity contribution is 7.89. The number of sulfonamides is 1. The number of nitrogens with one attached hydrogen (secondary N) is 1. The van der Waals surface area contributed by atoms with Crippen molar-refractivity contribution < 1.29 is 8.42 Å². The fraction of sp³-hybridized carbons (Fsp3) is 0.429. The van der Waals surface area contributed by atoms with E-state index in [0.717, 1.165) is 32.4 Å². The van der Waals surface area contributed by atoms with Crippen LogP contribution in [0.15, 0.2) is 65.6 Å². The number of piperidine rings is 1. The Hall–Kier alpha value is -1.89. The average molecular weight is 386 g/mol. The number of anilines is 1. The second-order valence-electron chi connectivity index (χ2n) is 7.43. The van der Waals surface area contributed by atoms with Gasteiger partial charge in [-0.25, -0.2) is 8.42 Å². The van der Waals surface area contributed by atoms with Gasteiger partial charge in [-0.3, -0.25) is 0 Å². The molecule has 0 bridgehead atoms. The average Bonchev–Trinajstić information content (AvgIpc) is 3.18. The van der Waals surface area contributed by atoms with Crippen LogP contribution in [0, 0.1) is 0 Å². The van der Waals surface area contributed by atoms with Crippen molar-refractivity contribution in [3.05, 3.63) is 60.7 Å². The molecule has 1 unspecified atom stereocenters. The van der Waals surface area contributed by atoms with Gasteiger partial charge in [-0.05, 0) is 43.5 Å². The van der Waals surface area contributed by atoms with Gasteiger partial charge in [0.05, 0.1) is 4.90 Å². The molecule has 2 aromatic carbocycles. The third-order valence-electron chi connectivity index (χ3n) is 5.62. The first-order valence-electron chi connectivity index (χ1n) is 9.74. The summed E-state index contributed by atoms with van der Waals surface area (Å²) in [6.45, 7) is 3.27. The zero-order valence-corrected chi connectivity index (χ0v) is 16.3. The van der Waals surface area contributed by atoms with Crippen LogP contribution in [0.25, 0.3) is 0 Å². The van der Waals surface area contributed by atoms with E-state index >= 15 is 0 Å². The van der Waals surface area contributed by atoms with Gasteiger partial charge in [-0.1, -0.05) is 36.4 Å². The fourth-order valence-electron chi connectivity index (χ4n) is 4.11. The largest absolute Gasteiger partial charge is 0.370 e. The highest BCUT2D eigenvalue weighted by Crippen LogP contribution is 2.23. The third-order valence-corrected chi connectivity index (χ3v) is 7.53. The molecule has 2 heterocycles. The molecule has 2 aliphatic heterocycles. The molecule has 6 heteroatoms. The molecule has 4 rings (SSSR count). The van der Waals surface area contributed by atoms with E-state index < -0.39 is 10.0 Å². The lowest BCUT2D eigenvalue weighted by Gasteiger charge is -2.33. The zero-order chi connectivity index (χ0) is 18.7. The SMILES string of the molecule is O=S(=O)(c1ccccc1)N1CCC(NC2CCN(c3ccccc3)C2)CC1. The Morgan fingerprint density at radius 3 is 2.04 bits per heavy atom. The standard InChI is InChI=1S/C21H27N3O2S/c25-27(26,21-9-5-2-6-10-21)24-15-12-18(13-16-24)22-19-11-14-23(17-19)20-7-3-1-4-8-20/h1-10,18-19,22H,11-17H2. The minimum Gasteiger partial charge on any atom is -0.370 e. The van der Waals surface area contributed by atoms with Crippen LogP contribution in [-0.4, -0.2) is 51.0 Å². The van der Waals surface area contributed by atoms with E-state index in [2.05, 4.69) is 34.5 Å². The summed E-state index contributed by atoms with van der Waals surface area (Å²) in [6, 6.07) is 20.2. The molecular weight excluding hydrogens is 358 g/mol. The van der Waals surface area contributed by atoms with Crippen LogP contribution >= 0.6 is 0 Å². The van der Waals surface area contributed by atoms with Crippen molar-refractivity contribution in [3.63, 3.8) is 0 Å². The maximum Gasteiger partial charge on any atom is 0.243 e. The van der Waals surface area contributed by atoms with Gasteiger partial charge < -0.3 is 10.2 Å². The molecule has 5 nitrogen and oxygen atoms in total. The Bertz CT molecular complexity index is 834. The van der Waals surface area contributed by atoms with Crippen LogP contribution in [0.5, 0.6) is 0 Å². The maximum atomic E-state index is 12.7. The van der Waals surface area contributed by atoms with E-state index in [4.69, 9.17) is 0 Å². The predicted octanol–water partition coefficient (Wildman–Crippen LogP) is 2.71. The van der Waals surface area contributed by atoms with Gasteiger partial charge in [-0.2, -0.15) is 4.31 Å². The van der Waals surface area contributed by atoms with Crippen molar-refractivity contribution in [2.75, 3.05) is 31.1 Å². The molecule has 0 aromatic heterocycles. The lowest BCUT2D eigenvalue weighted by Crippen LogP contribution is -2.48. The normalized spacial score (nSPS) is 22.2. The number of benzene rings is 2. The first-order chi connectivity index (χ1) is 13.1. The smallest absolute Gasteiger partial charge is 0.243 e. The van der Waals surface area contributed by atoms with E-state index in [9.17, 15) is 8.42 Å². The molecular formula is C21H27N3O2S. The monoisotopic (exact) mass is 385 g/mol. The first kappa shape index (κ1) is 18.5. The molecule has 0 spiro atoms. The zero-order valence-electron chi connectivity index (χ0n) is 15.5. The molecule has 144 valence electrons. The molecule has 1 atom stereocenters. The van der Waals surface area contributed by atoms with Gasteiger partial charge in [0.2, 0.25) is 10.0 Å². The van der Waals surface area contributed by atoms with E-state index in [1.54, 1.807) is 28.6 Å². The summed E-state index contributed by atoms with van der Waals surface area (Å²) < 4.78 is 27.1. The second-order valence-corrected chi connectivity index (χ2v) is 9.36. The first-order valence-corrected chi connectivity index (χ1v) is 11.2. The molecule has 27 heavy (non-hydrogen) atoms. The summed E-state index contributed by atoms with van der Waals surface area (Å²) in [4.78, 5) is 2.82. The van der Waals surface area contributed by atoms with Crippen molar-refractivity contribution in [2.45, 2.75) is 36.2 Å². The fourth-order valence-corrected chi connectivity index (χ4v) is 5.60. The van der Waals surface area contributed by atoms with E-state index in [1.165, 1.54) is 5.69 Å². The van der Waals surface area contributed by atoms with E-state index in [-0.39, 0.29) is 0 Å². The van der Waals surface area contributed by atoms with Crippen LogP contribution in [0.3, 0.4) is 0 Å². The third kappa shape index (κ3) is 4.18. The van der Waals surface area contributed by atoms with Crippen molar-refractivity contribution in [1.82, 2.24) is 9.62 Å². The molecule has 0 aliphatic carbocycles. The van der Waals surface area contributed by atoms with Gasteiger partial charge in [-0.15, -0.1) is 0 Å². The Morgan fingerprint density at radius 2 is 1.37 bits per heavy atom. The van der Waals surface area contributed by atoms with Gasteiger partial charge in [0.1, 0.15) is 0 Å². The Morgan fingerprint density at radius 1 is 0.778 bits per heavy atom. The van der Waals surface area contributed by atoms with Gasteiger partial charge >= 0.3 is 0 Å². The number of rotatable bonds is 5. The molecule has 2 fully saturated rings. The molecule has 2 aliphatic rings. The van der Waals surface area contributed by atoms with Gasteiger partial charge in [0, 0.05) is 44.0 Å². The highest BCUT2D eigenvalue weighted by Gasteiger charge is 2.31. The van der Waals surface area contributed by atoms with Gasteiger partial charge in [0.15, 0.2) is 0 Å². The van der Waals surface area contributed by atoms with Crippen LogP contribution in [0.2, 0.25) is 0 Å². The number of hydrogen-bond donors (Lipinski definition) is 1. The predicted molar refractivity (Wildman–Crippen MR) is 108 cm³/mol. The van der Waals surface area contributed by atoms with Crippen molar-refractivity contribution >= 4 is 15.7 Å². The lowest BCUT2D eigenvalue weighted by molar-refractivity contribution is 0.276. The summed E-state index contributed by atoms with van der Waals surface area (Å²) in [5.74, 6) is 0. The second kappa shape index (κ2) is 8.00.